The van der Waals surface area contributed by atoms with Gasteiger partial charge in [-0.05, 0) is 59.5 Å². The Balaban J connectivity index is 1.54. The van der Waals surface area contributed by atoms with E-state index in [1.165, 1.54) is 47.4 Å². The lowest BCUT2D eigenvalue weighted by Crippen LogP contribution is -2.19. The van der Waals surface area contributed by atoms with Gasteiger partial charge in [0.2, 0.25) is 15.9 Å². The predicted molar refractivity (Wildman–Crippen MR) is 140 cm³/mol. The lowest BCUT2D eigenvalue weighted by molar-refractivity contribution is -0.115. The topological polar surface area (TPSA) is 118 Å². The summed E-state index contributed by atoms with van der Waals surface area (Å²) in [5.41, 5.74) is 1.87. The van der Waals surface area contributed by atoms with Crippen LogP contribution in [-0.2, 0) is 14.8 Å². The summed E-state index contributed by atoms with van der Waals surface area (Å²) < 4.78 is 23.0. The largest absolute Gasteiger partial charge is 0.325 e. The summed E-state index contributed by atoms with van der Waals surface area (Å²) in [6.45, 7) is 0. The normalized spacial score (nSPS) is 12.0. The molecule has 0 radical (unpaired) electrons. The summed E-state index contributed by atoms with van der Waals surface area (Å²) in [4.78, 5) is 27.1. The number of anilines is 2. The Morgan fingerprint density at radius 3 is 2.23 bits per heavy atom. The van der Waals surface area contributed by atoms with Gasteiger partial charge in [-0.3, -0.25) is 9.59 Å². The van der Waals surface area contributed by atoms with Gasteiger partial charge in [0.05, 0.1) is 9.77 Å². The zero-order valence-electron chi connectivity index (χ0n) is 18.3. The van der Waals surface area contributed by atoms with E-state index in [1.807, 2.05) is 60.0 Å². The van der Waals surface area contributed by atoms with Gasteiger partial charge in [-0.1, -0.05) is 42.5 Å². The van der Waals surface area contributed by atoms with Crippen molar-refractivity contribution < 1.29 is 18.0 Å². The van der Waals surface area contributed by atoms with Gasteiger partial charge in [0.25, 0.3) is 5.91 Å². The van der Waals surface area contributed by atoms with Crippen LogP contribution in [0.3, 0.4) is 0 Å². The van der Waals surface area contributed by atoms with Crippen LogP contribution in [0.15, 0.2) is 106 Å². The van der Waals surface area contributed by atoms with Crippen molar-refractivity contribution in [3.63, 3.8) is 0 Å². The Kier molecular flexibility index (Phi) is 7.67. The maximum absolute atomic E-state index is 13.3. The standard InChI is InChI=1S/C25H21N3O4S3/c26-35(31,32)21-13-11-18(12-14-21)27-25(30)23(17-6-2-1-3-7-17)34-20-9-4-8-19(16-20)28-24(29)22-10-5-15-33-22/h1-16,23H,(H,27,30)(H,28,29)(H2,26,31,32). The summed E-state index contributed by atoms with van der Waals surface area (Å²) >= 11 is 2.70. The highest BCUT2D eigenvalue weighted by Crippen LogP contribution is 2.37. The Labute approximate surface area is 211 Å². The van der Waals surface area contributed by atoms with E-state index < -0.39 is 15.3 Å². The number of sulfonamides is 1. The van der Waals surface area contributed by atoms with Crippen molar-refractivity contribution in [2.24, 2.45) is 5.14 Å². The van der Waals surface area contributed by atoms with Crippen LogP contribution >= 0.6 is 23.1 Å². The van der Waals surface area contributed by atoms with E-state index in [0.717, 1.165) is 10.5 Å². The van der Waals surface area contributed by atoms with Crippen LogP contribution in [0.5, 0.6) is 0 Å². The van der Waals surface area contributed by atoms with Gasteiger partial charge in [0, 0.05) is 16.3 Å². The summed E-state index contributed by atoms with van der Waals surface area (Å²) in [7, 11) is -3.82. The molecule has 35 heavy (non-hydrogen) atoms. The first-order chi connectivity index (χ1) is 16.8. The number of amides is 2. The van der Waals surface area contributed by atoms with Crippen LogP contribution in [0.1, 0.15) is 20.5 Å². The molecule has 4 N–H and O–H groups in total. The van der Waals surface area contributed by atoms with Crippen molar-refractivity contribution in [3.8, 4) is 0 Å². The van der Waals surface area contributed by atoms with Gasteiger partial charge in [-0.2, -0.15) is 0 Å². The van der Waals surface area contributed by atoms with E-state index in [1.54, 1.807) is 12.1 Å². The fourth-order valence-electron chi connectivity index (χ4n) is 3.22. The summed E-state index contributed by atoms with van der Waals surface area (Å²) in [5.74, 6) is -0.472. The Morgan fingerprint density at radius 2 is 1.57 bits per heavy atom. The molecule has 1 aromatic heterocycles. The third kappa shape index (κ3) is 6.58. The molecule has 4 aromatic rings. The quantitative estimate of drug-likeness (QED) is 0.277. The number of hydrogen-bond donors (Lipinski definition) is 3. The Morgan fingerprint density at radius 1 is 0.829 bits per heavy atom. The number of nitrogens with two attached hydrogens (primary N) is 1. The van der Waals surface area contributed by atoms with Crippen LogP contribution in [0, 0.1) is 0 Å². The Hall–Kier alpha value is -3.44. The van der Waals surface area contributed by atoms with E-state index in [2.05, 4.69) is 10.6 Å². The van der Waals surface area contributed by atoms with Crippen LogP contribution in [-0.4, -0.2) is 20.2 Å². The molecule has 4 rings (SSSR count). The smallest absolute Gasteiger partial charge is 0.265 e. The Bertz CT molecular complexity index is 1420. The van der Waals surface area contributed by atoms with E-state index in [-0.39, 0.29) is 16.7 Å². The van der Waals surface area contributed by atoms with Crippen molar-refractivity contribution in [2.75, 3.05) is 10.6 Å². The number of carbonyl (C=O) groups is 2. The second-order valence-electron chi connectivity index (χ2n) is 7.43. The van der Waals surface area contributed by atoms with E-state index >= 15 is 0 Å². The molecule has 178 valence electrons. The number of carbonyl (C=O) groups excluding carboxylic acids is 2. The van der Waals surface area contributed by atoms with Gasteiger partial charge in [0.1, 0.15) is 5.25 Å². The number of thiophene rings is 1. The molecule has 0 aliphatic heterocycles. The molecule has 1 atom stereocenters. The molecule has 10 heteroatoms. The average molecular weight is 524 g/mol. The van der Waals surface area contributed by atoms with Crippen molar-refractivity contribution in [2.45, 2.75) is 15.0 Å². The lowest BCUT2D eigenvalue weighted by atomic mass is 10.1. The molecule has 2 amide bonds. The van der Waals surface area contributed by atoms with Gasteiger partial charge in [0.15, 0.2) is 0 Å². The van der Waals surface area contributed by atoms with E-state index in [9.17, 15) is 18.0 Å². The number of hydrogen-bond acceptors (Lipinski definition) is 6. The third-order valence-corrected chi connectivity index (χ3v) is 7.93. The predicted octanol–water partition coefficient (Wildman–Crippen LogP) is 5.12. The highest BCUT2D eigenvalue weighted by molar-refractivity contribution is 8.00. The number of benzene rings is 3. The summed E-state index contributed by atoms with van der Waals surface area (Å²) in [5, 5.41) is 12.1. The third-order valence-electron chi connectivity index (χ3n) is 4.88. The van der Waals surface area contributed by atoms with Crippen LogP contribution in [0.2, 0.25) is 0 Å². The van der Waals surface area contributed by atoms with Crippen LogP contribution in [0.25, 0.3) is 0 Å². The number of primary sulfonamides is 1. The van der Waals surface area contributed by atoms with E-state index in [4.69, 9.17) is 5.14 Å². The van der Waals surface area contributed by atoms with Gasteiger partial charge < -0.3 is 10.6 Å². The van der Waals surface area contributed by atoms with Gasteiger partial charge >= 0.3 is 0 Å². The molecular weight excluding hydrogens is 502 g/mol. The first-order valence-electron chi connectivity index (χ1n) is 10.4. The monoisotopic (exact) mass is 523 g/mol. The number of nitrogens with one attached hydrogen (secondary N) is 2. The molecule has 0 saturated carbocycles. The molecule has 7 nitrogen and oxygen atoms in total. The molecule has 3 aromatic carbocycles. The molecule has 0 aliphatic rings. The maximum atomic E-state index is 13.3. The first kappa shape index (κ1) is 24.7. The first-order valence-corrected chi connectivity index (χ1v) is 13.7. The minimum Gasteiger partial charge on any atom is -0.325 e. The highest BCUT2D eigenvalue weighted by atomic mass is 32.2. The van der Waals surface area contributed by atoms with Gasteiger partial charge in [-0.15, -0.1) is 23.1 Å². The number of thioether (sulfide) groups is 1. The minimum absolute atomic E-state index is 0.0362. The second-order valence-corrected chi connectivity index (χ2v) is 11.1. The lowest BCUT2D eigenvalue weighted by Gasteiger charge is -2.18. The molecular formula is C25H21N3O4S3. The van der Waals surface area contributed by atoms with Crippen molar-refractivity contribution in [1.82, 2.24) is 0 Å². The van der Waals surface area contributed by atoms with Crippen molar-refractivity contribution >= 4 is 56.3 Å². The molecule has 0 spiro atoms. The zero-order valence-corrected chi connectivity index (χ0v) is 20.7. The highest BCUT2D eigenvalue weighted by Gasteiger charge is 2.23. The SMILES string of the molecule is NS(=O)(=O)c1ccc(NC(=O)C(Sc2cccc(NC(=O)c3cccs3)c2)c2ccccc2)cc1. The summed E-state index contributed by atoms with van der Waals surface area (Å²) in [6, 6.07) is 25.9. The maximum Gasteiger partial charge on any atom is 0.265 e. The van der Waals surface area contributed by atoms with Crippen LogP contribution in [0.4, 0.5) is 11.4 Å². The van der Waals surface area contributed by atoms with E-state index in [0.29, 0.717) is 16.3 Å². The molecule has 0 bridgehead atoms. The molecule has 0 aliphatic carbocycles. The van der Waals surface area contributed by atoms with Crippen LogP contribution < -0.4 is 15.8 Å². The zero-order chi connectivity index (χ0) is 24.8. The summed E-state index contributed by atoms with van der Waals surface area (Å²) in [6.07, 6.45) is 0. The molecule has 0 saturated heterocycles. The fraction of sp³-hybridized carbons (Fsp3) is 0.0400. The fourth-order valence-corrected chi connectivity index (χ4v) is 5.44. The molecule has 1 unspecified atom stereocenters. The van der Waals surface area contributed by atoms with Gasteiger partial charge in [-0.25, -0.2) is 13.6 Å². The van der Waals surface area contributed by atoms with Crippen molar-refractivity contribution in [3.05, 3.63) is 107 Å². The molecule has 1 heterocycles. The molecule has 0 fully saturated rings. The number of rotatable bonds is 8. The average Bonchev–Trinajstić information content (AvgIpc) is 3.38. The minimum atomic E-state index is -3.82. The second kappa shape index (κ2) is 10.9. The van der Waals surface area contributed by atoms with Crippen molar-refractivity contribution in [1.29, 1.82) is 0 Å².